The van der Waals surface area contributed by atoms with Gasteiger partial charge in [-0.25, -0.2) is 4.79 Å². The molecule has 2 N–H and O–H groups in total. The van der Waals surface area contributed by atoms with Gasteiger partial charge in [-0.05, 0) is 55.6 Å². The summed E-state index contributed by atoms with van der Waals surface area (Å²) in [5.74, 6) is -0.274. The topological polar surface area (TPSA) is 55.6 Å². The van der Waals surface area contributed by atoms with Crippen LogP contribution in [0.2, 0.25) is 0 Å². The van der Waals surface area contributed by atoms with Gasteiger partial charge in [-0.1, -0.05) is 44.2 Å². The third-order valence-electron chi connectivity index (χ3n) is 4.65. The second kappa shape index (κ2) is 10.6. The van der Waals surface area contributed by atoms with Gasteiger partial charge in [0.1, 0.15) is 6.10 Å². The fraction of sp³-hybridized carbons (Fsp3) is 0.409. The van der Waals surface area contributed by atoms with E-state index in [4.69, 9.17) is 10.5 Å². The van der Waals surface area contributed by atoms with Gasteiger partial charge in [0.05, 0.1) is 5.56 Å². The number of hydrogen-bond acceptors (Lipinski definition) is 4. The standard InChI is InChI=1S/C22H30N2O2/c1-3-21(26-22(25)19-10-12-20(23)13-11-19)15-17-24(4-2)16-14-18-8-6-5-7-9-18/h5-13,21H,3-4,14-17,23H2,1-2H3. The summed E-state index contributed by atoms with van der Waals surface area (Å²) in [5.41, 5.74) is 8.21. The highest BCUT2D eigenvalue weighted by atomic mass is 16.5. The van der Waals surface area contributed by atoms with Crippen molar-refractivity contribution in [2.45, 2.75) is 39.2 Å². The summed E-state index contributed by atoms with van der Waals surface area (Å²) in [4.78, 5) is 14.7. The van der Waals surface area contributed by atoms with Gasteiger partial charge in [0.15, 0.2) is 0 Å². The molecule has 0 aliphatic carbocycles. The molecule has 0 heterocycles. The lowest BCUT2D eigenvalue weighted by atomic mass is 10.1. The highest BCUT2D eigenvalue weighted by molar-refractivity contribution is 5.89. The molecule has 2 aromatic carbocycles. The molecule has 0 amide bonds. The third-order valence-corrected chi connectivity index (χ3v) is 4.65. The summed E-state index contributed by atoms with van der Waals surface area (Å²) in [6.45, 7) is 7.17. The summed E-state index contributed by atoms with van der Waals surface area (Å²) >= 11 is 0. The summed E-state index contributed by atoms with van der Waals surface area (Å²) in [6, 6.07) is 17.4. The van der Waals surface area contributed by atoms with E-state index in [1.165, 1.54) is 5.56 Å². The number of esters is 1. The molecule has 4 heteroatoms. The molecule has 2 rings (SSSR count). The maximum Gasteiger partial charge on any atom is 0.338 e. The Morgan fingerprint density at radius 2 is 1.73 bits per heavy atom. The fourth-order valence-electron chi connectivity index (χ4n) is 2.87. The molecular weight excluding hydrogens is 324 g/mol. The SMILES string of the molecule is CCC(CCN(CC)CCc1ccccc1)OC(=O)c1ccc(N)cc1. The molecule has 0 aliphatic heterocycles. The summed E-state index contributed by atoms with van der Waals surface area (Å²) < 4.78 is 5.68. The number of rotatable bonds is 10. The van der Waals surface area contributed by atoms with Crippen LogP contribution in [0, 0.1) is 0 Å². The van der Waals surface area contributed by atoms with Gasteiger partial charge < -0.3 is 15.4 Å². The van der Waals surface area contributed by atoms with Crippen LogP contribution in [0.1, 0.15) is 42.6 Å². The van der Waals surface area contributed by atoms with E-state index in [1.807, 2.05) is 6.07 Å². The second-order valence-corrected chi connectivity index (χ2v) is 6.52. The number of nitrogen functional groups attached to an aromatic ring is 1. The van der Waals surface area contributed by atoms with E-state index in [-0.39, 0.29) is 12.1 Å². The maximum atomic E-state index is 12.3. The van der Waals surface area contributed by atoms with Gasteiger partial charge in [0.25, 0.3) is 0 Å². The van der Waals surface area contributed by atoms with Crippen molar-refractivity contribution in [3.8, 4) is 0 Å². The van der Waals surface area contributed by atoms with Crippen LogP contribution in [0.15, 0.2) is 54.6 Å². The van der Waals surface area contributed by atoms with Crippen LogP contribution in [-0.4, -0.2) is 36.6 Å². The van der Waals surface area contributed by atoms with Gasteiger partial charge in [-0.3, -0.25) is 0 Å². The van der Waals surface area contributed by atoms with Crippen LogP contribution >= 0.6 is 0 Å². The molecule has 1 unspecified atom stereocenters. The molecule has 0 aromatic heterocycles. The van der Waals surface area contributed by atoms with E-state index in [1.54, 1.807) is 24.3 Å². The predicted octanol–water partition coefficient (Wildman–Crippen LogP) is 4.16. The average Bonchev–Trinajstić information content (AvgIpc) is 2.68. The van der Waals surface area contributed by atoms with Crippen molar-refractivity contribution in [1.29, 1.82) is 0 Å². The quantitative estimate of drug-likeness (QED) is 0.514. The van der Waals surface area contributed by atoms with E-state index in [2.05, 4.69) is 43.0 Å². The molecule has 0 spiro atoms. The predicted molar refractivity (Wildman–Crippen MR) is 107 cm³/mol. The lowest BCUT2D eigenvalue weighted by Gasteiger charge is -2.23. The number of benzene rings is 2. The zero-order chi connectivity index (χ0) is 18.8. The first-order chi connectivity index (χ1) is 12.6. The normalized spacial score (nSPS) is 12.1. The molecule has 0 saturated carbocycles. The Morgan fingerprint density at radius 3 is 2.35 bits per heavy atom. The first kappa shape index (κ1) is 20.0. The smallest absolute Gasteiger partial charge is 0.338 e. The largest absolute Gasteiger partial charge is 0.459 e. The van der Waals surface area contributed by atoms with Gasteiger partial charge in [0.2, 0.25) is 0 Å². The first-order valence-electron chi connectivity index (χ1n) is 9.45. The van der Waals surface area contributed by atoms with Crippen molar-refractivity contribution in [3.05, 3.63) is 65.7 Å². The zero-order valence-corrected chi connectivity index (χ0v) is 15.9. The highest BCUT2D eigenvalue weighted by Crippen LogP contribution is 2.12. The molecule has 0 saturated heterocycles. The fourth-order valence-corrected chi connectivity index (χ4v) is 2.87. The number of ether oxygens (including phenoxy) is 1. The lowest BCUT2D eigenvalue weighted by molar-refractivity contribution is 0.0249. The molecular formula is C22H30N2O2. The number of nitrogens with two attached hydrogens (primary N) is 1. The Bertz CT molecular complexity index is 656. The van der Waals surface area contributed by atoms with Crippen molar-refractivity contribution >= 4 is 11.7 Å². The van der Waals surface area contributed by atoms with E-state index in [0.717, 1.165) is 38.9 Å². The van der Waals surface area contributed by atoms with Crippen molar-refractivity contribution < 1.29 is 9.53 Å². The molecule has 4 nitrogen and oxygen atoms in total. The Labute approximate surface area is 157 Å². The minimum atomic E-state index is -0.274. The van der Waals surface area contributed by atoms with Crippen molar-refractivity contribution in [3.63, 3.8) is 0 Å². The van der Waals surface area contributed by atoms with Crippen LogP contribution in [-0.2, 0) is 11.2 Å². The molecule has 0 bridgehead atoms. The summed E-state index contributed by atoms with van der Waals surface area (Å²) in [5, 5.41) is 0. The van der Waals surface area contributed by atoms with Gasteiger partial charge in [-0.2, -0.15) is 0 Å². The number of hydrogen-bond donors (Lipinski definition) is 1. The molecule has 0 fully saturated rings. The van der Waals surface area contributed by atoms with E-state index in [0.29, 0.717) is 11.3 Å². The van der Waals surface area contributed by atoms with Crippen LogP contribution < -0.4 is 5.73 Å². The van der Waals surface area contributed by atoms with Gasteiger partial charge >= 0.3 is 5.97 Å². The molecule has 26 heavy (non-hydrogen) atoms. The Morgan fingerprint density at radius 1 is 1.04 bits per heavy atom. The Hall–Kier alpha value is -2.33. The second-order valence-electron chi connectivity index (χ2n) is 6.52. The van der Waals surface area contributed by atoms with E-state index in [9.17, 15) is 4.79 Å². The Kier molecular flexibility index (Phi) is 8.16. The zero-order valence-electron chi connectivity index (χ0n) is 15.9. The van der Waals surface area contributed by atoms with Crippen LogP contribution in [0.3, 0.4) is 0 Å². The highest BCUT2D eigenvalue weighted by Gasteiger charge is 2.15. The molecule has 0 radical (unpaired) electrons. The molecule has 0 aliphatic rings. The number of anilines is 1. The van der Waals surface area contributed by atoms with E-state index < -0.39 is 0 Å². The molecule has 140 valence electrons. The van der Waals surface area contributed by atoms with Crippen molar-refractivity contribution in [1.82, 2.24) is 4.90 Å². The molecule has 2 aromatic rings. The van der Waals surface area contributed by atoms with Crippen LogP contribution in [0.4, 0.5) is 5.69 Å². The van der Waals surface area contributed by atoms with Gasteiger partial charge in [0, 0.05) is 18.8 Å². The van der Waals surface area contributed by atoms with Gasteiger partial charge in [-0.15, -0.1) is 0 Å². The number of carbonyl (C=O) groups excluding carboxylic acids is 1. The lowest BCUT2D eigenvalue weighted by Crippen LogP contribution is -2.30. The summed E-state index contributed by atoms with van der Waals surface area (Å²) in [6.07, 6.45) is 2.64. The van der Waals surface area contributed by atoms with Crippen LogP contribution in [0.5, 0.6) is 0 Å². The number of carbonyl (C=O) groups is 1. The monoisotopic (exact) mass is 354 g/mol. The van der Waals surface area contributed by atoms with E-state index >= 15 is 0 Å². The maximum absolute atomic E-state index is 12.3. The average molecular weight is 354 g/mol. The first-order valence-corrected chi connectivity index (χ1v) is 9.45. The summed E-state index contributed by atoms with van der Waals surface area (Å²) in [7, 11) is 0. The van der Waals surface area contributed by atoms with Crippen molar-refractivity contribution in [2.24, 2.45) is 0 Å². The molecule has 1 atom stereocenters. The van der Waals surface area contributed by atoms with Crippen LogP contribution in [0.25, 0.3) is 0 Å². The minimum Gasteiger partial charge on any atom is -0.459 e. The Balaban J connectivity index is 1.80. The number of likely N-dealkylation sites (N-methyl/N-ethyl adjacent to an activating group) is 1. The van der Waals surface area contributed by atoms with Crippen molar-refractivity contribution in [2.75, 3.05) is 25.4 Å². The number of nitrogens with zero attached hydrogens (tertiary/aromatic N) is 1. The minimum absolute atomic E-state index is 0.0640. The third kappa shape index (κ3) is 6.52.